The van der Waals surface area contributed by atoms with Gasteiger partial charge in [0.25, 0.3) is 11.5 Å². The van der Waals surface area contributed by atoms with E-state index in [9.17, 15) is 18.8 Å². The molecular weight excluding hydrogens is 579 g/mol. The van der Waals surface area contributed by atoms with Gasteiger partial charge in [0.15, 0.2) is 5.82 Å². The van der Waals surface area contributed by atoms with E-state index < -0.39 is 5.82 Å². The van der Waals surface area contributed by atoms with Crippen molar-refractivity contribution in [2.75, 3.05) is 37.8 Å². The summed E-state index contributed by atoms with van der Waals surface area (Å²) in [4.78, 5) is 49.2. The molecule has 1 unspecified atom stereocenters. The molecule has 2 aromatic heterocycles. The summed E-state index contributed by atoms with van der Waals surface area (Å²) in [5.74, 6) is -0.684. The molecule has 1 aliphatic heterocycles. The fourth-order valence-electron chi connectivity index (χ4n) is 5.91. The Labute approximate surface area is 259 Å². The second-order valence-electron chi connectivity index (χ2n) is 11.6. The highest BCUT2D eigenvalue weighted by atomic mass is 32.1. The van der Waals surface area contributed by atoms with E-state index in [2.05, 4.69) is 15.6 Å². The zero-order chi connectivity index (χ0) is 31.1. The summed E-state index contributed by atoms with van der Waals surface area (Å²) < 4.78 is 16.3. The van der Waals surface area contributed by atoms with Crippen LogP contribution in [0.5, 0.6) is 0 Å². The molecule has 2 amide bonds. The largest absolute Gasteiger partial charge is 0.343 e. The number of amides is 2. The number of anilines is 3. The van der Waals surface area contributed by atoms with Crippen LogP contribution in [0.1, 0.15) is 50.1 Å². The maximum Gasteiger partial charge on any atom is 0.293 e. The maximum absolute atomic E-state index is 14.9. The predicted octanol–water partition coefficient (Wildman–Crippen LogP) is 5.28. The molecule has 11 heteroatoms. The van der Waals surface area contributed by atoms with Gasteiger partial charge in [-0.2, -0.15) is 0 Å². The third-order valence-electron chi connectivity index (χ3n) is 8.52. The van der Waals surface area contributed by atoms with Gasteiger partial charge in [0.2, 0.25) is 5.91 Å². The monoisotopic (exact) mass is 614 g/mol. The molecule has 6 rings (SSSR count). The van der Waals surface area contributed by atoms with Gasteiger partial charge in [0.05, 0.1) is 10.6 Å². The molecule has 2 aromatic carbocycles. The number of carbonyl (C=O) groups excluding carboxylic acids is 2. The molecule has 3 heterocycles. The van der Waals surface area contributed by atoms with Gasteiger partial charge >= 0.3 is 0 Å². The standard InChI is InChI=1S/C33H35FN6O3S/c1-19-24(16-22(34)17-25(19)37-31(41)28-15-21-7-5-6-8-27(21)44-28)26-18-40(4)33(43)30(36-26)35-23-11-9-20(10-12-23)29-32(42)39(3)14-13-38(29)2/h9-12,15-18,29H,5-8,13-14H2,1-4H3,(H,35,36)(H,37,41). The molecular formula is C33H35FN6O3S. The lowest BCUT2D eigenvalue weighted by atomic mass is 9.99. The topological polar surface area (TPSA) is 99.6 Å². The summed E-state index contributed by atoms with van der Waals surface area (Å²) >= 11 is 1.50. The molecule has 4 aromatic rings. The van der Waals surface area contributed by atoms with E-state index in [1.54, 1.807) is 32.1 Å². The van der Waals surface area contributed by atoms with Crippen LogP contribution in [0.15, 0.2) is 53.5 Å². The number of nitrogens with zero attached hydrogens (tertiary/aromatic N) is 4. The van der Waals surface area contributed by atoms with Gasteiger partial charge in [-0.25, -0.2) is 9.37 Å². The molecule has 0 bridgehead atoms. The van der Waals surface area contributed by atoms with Gasteiger partial charge in [0, 0.05) is 55.2 Å². The predicted molar refractivity (Wildman–Crippen MR) is 171 cm³/mol. The molecule has 228 valence electrons. The van der Waals surface area contributed by atoms with E-state index in [1.807, 2.05) is 42.3 Å². The first-order chi connectivity index (χ1) is 21.1. The number of aromatic nitrogens is 2. The molecule has 0 saturated carbocycles. The number of benzene rings is 2. The average molecular weight is 615 g/mol. The molecule has 2 aliphatic rings. The lowest BCUT2D eigenvalue weighted by Crippen LogP contribution is -2.48. The quantitative estimate of drug-likeness (QED) is 0.307. The van der Waals surface area contributed by atoms with Crippen molar-refractivity contribution < 1.29 is 14.0 Å². The Bertz CT molecular complexity index is 1790. The lowest BCUT2D eigenvalue weighted by molar-refractivity contribution is -0.139. The van der Waals surface area contributed by atoms with E-state index >= 15 is 0 Å². The Hall–Kier alpha value is -4.35. The van der Waals surface area contributed by atoms with E-state index in [0.717, 1.165) is 37.8 Å². The van der Waals surface area contributed by atoms with Crippen molar-refractivity contribution >= 4 is 40.3 Å². The van der Waals surface area contributed by atoms with Crippen molar-refractivity contribution in [2.45, 2.75) is 38.6 Å². The molecule has 1 saturated heterocycles. The molecule has 9 nitrogen and oxygen atoms in total. The summed E-state index contributed by atoms with van der Waals surface area (Å²) in [5, 5.41) is 5.99. The zero-order valence-electron chi connectivity index (χ0n) is 25.2. The molecule has 0 spiro atoms. The number of hydrogen-bond acceptors (Lipinski definition) is 7. The minimum Gasteiger partial charge on any atom is -0.343 e. The van der Waals surface area contributed by atoms with Crippen LogP contribution in [0.2, 0.25) is 0 Å². The van der Waals surface area contributed by atoms with Gasteiger partial charge in [-0.3, -0.25) is 19.3 Å². The van der Waals surface area contributed by atoms with Gasteiger partial charge in [-0.1, -0.05) is 12.1 Å². The number of halogens is 1. The Morgan fingerprint density at radius 3 is 2.52 bits per heavy atom. The first kappa shape index (κ1) is 29.7. The summed E-state index contributed by atoms with van der Waals surface area (Å²) in [6, 6.07) is 11.6. The highest BCUT2D eigenvalue weighted by Gasteiger charge is 2.32. The minimum atomic E-state index is -0.528. The number of thiophene rings is 1. The zero-order valence-corrected chi connectivity index (χ0v) is 26.1. The van der Waals surface area contributed by atoms with Gasteiger partial charge in [-0.15, -0.1) is 11.3 Å². The first-order valence-corrected chi connectivity index (χ1v) is 15.5. The molecule has 2 N–H and O–H groups in total. The van der Waals surface area contributed by atoms with Crippen LogP contribution >= 0.6 is 11.3 Å². The normalized spacial score (nSPS) is 17.0. The number of fused-ring (bicyclic) bond motifs is 1. The highest BCUT2D eigenvalue weighted by molar-refractivity contribution is 7.14. The van der Waals surface area contributed by atoms with Crippen LogP contribution in [-0.4, -0.2) is 58.4 Å². The summed E-state index contributed by atoms with van der Waals surface area (Å²) in [6.45, 7) is 3.26. The van der Waals surface area contributed by atoms with Crippen molar-refractivity contribution in [3.63, 3.8) is 0 Å². The number of aryl methyl sites for hydroxylation is 3. The number of likely N-dealkylation sites (N-methyl/N-ethyl adjacent to an activating group) is 2. The molecule has 1 fully saturated rings. The second-order valence-corrected chi connectivity index (χ2v) is 12.8. The summed E-state index contributed by atoms with van der Waals surface area (Å²) in [5.41, 5.74) is 4.18. The average Bonchev–Trinajstić information content (AvgIpc) is 3.45. The first-order valence-electron chi connectivity index (χ1n) is 14.7. The molecule has 0 radical (unpaired) electrons. The molecule has 1 aliphatic carbocycles. The number of carbonyl (C=O) groups is 2. The third-order valence-corrected chi connectivity index (χ3v) is 9.75. The third kappa shape index (κ3) is 5.77. The van der Waals surface area contributed by atoms with Gasteiger partial charge < -0.3 is 20.1 Å². The number of nitrogens with one attached hydrogen (secondary N) is 2. The molecule has 44 heavy (non-hydrogen) atoms. The van der Waals surface area contributed by atoms with Crippen LogP contribution < -0.4 is 16.2 Å². The van der Waals surface area contributed by atoms with Crippen LogP contribution in [0, 0.1) is 12.7 Å². The Kier molecular flexibility index (Phi) is 8.08. The molecule has 1 atom stereocenters. The van der Waals surface area contributed by atoms with Crippen molar-refractivity contribution in [3.8, 4) is 11.3 Å². The Morgan fingerprint density at radius 1 is 1.02 bits per heavy atom. The fraction of sp³-hybridized carbons (Fsp3) is 0.333. The summed E-state index contributed by atoms with van der Waals surface area (Å²) in [7, 11) is 5.35. The maximum atomic E-state index is 14.9. The van der Waals surface area contributed by atoms with Crippen LogP contribution in [0.3, 0.4) is 0 Å². The smallest absolute Gasteiger partial charge is 0.293 e. The van der Waals surface area contributed by atoms with Gasteiger partial charge in [0.1, 0.15) is 11.9 Å². The van der Waals surface area contributed by atoms with Gasteiger partial charge in [-0.05, 0) is 86.7 Å². The minimum absolute atomic E-state index is 0.0400. The van der Waals surface area contributed by atoms with Crippen molar-refractivity contribution in [3.05, 3.63) is 91.3 Å². The SMILES string of the molecule is Cc1c(NC(=O)c2cc3c(s2)CCCC3)cc(F)cc1-c1cn(C)c(=O)c(Nc2ccc(C3C(=O)N(C)CCN3C)cc2)n1. The van der Waals surface area contributed by atoms with Crippen molar-refractivity contribution in [2.24, 2.45) is 7.05 Å². The van der Waals surface area contributed by atoms with E-state index in [0.29, 0.717) is 39.6 Å². The van der Waals surface area contributed by atoms with Crippen LogP contribution in [-0.2, 0) is 24.7 Å². The highest BCUT2D eigenvalue weighted by Crippen LogP contribution is 2.33. The number of hydrogen-bond donors (Lipinski definition) is 2. The van der Waals surface area contributed by atoms with Crippen molar-refractivity contribution in [1.29, 1.82) is 0 Å². The van der Waals surface area contributed by atoms with E-state index in [-0.39, 0.29) is 29.2 Å². The van der Waals surface area contributed by atoms with Crippen LogP contribution in [0.25, 0.3) is 11.3 Å². The van der Waals surface area contributed by atoms with Crippen LogP contribution in [0.4, 0.5) is 21.6 Å². The van der Waals surface area contributed by atoms with Crippen molar-refractivity contribution in [1.82, 2.24) is 19.4 Å². The number of rotatable bonds is 6. The van der Waals surface area contributed by atoms with E-state index in [4.69, 9.17) is 0 Å². The Balaban J connectivity index is 1.26. The second kappa shape index (κ2) is 12.0. The lowest BCUT2D eigenvalue weighted by Gasteiger charge is -2.37. The fourth-order valence-corrected chi connectivity index (χ4v) is 7.05. The summed E-state index contributed by atoms with van der Waals surface area (Å²) in [6.07, 6.45) is 5.79. The number of piperazine rings is 1. The van der Waals surface area contributed by atoms with E-state index in [1.165, 1.54) is 38.5 Å². The Morgan fingerprint density at radius 2 is 1.77 bits per heavy atom.